The summed E-state index contributed by atoms with van der Waals surface area (Å²) in [5, 5.41) is 4.07. The number of nitrogens with one attached hydrogen (secondary N) is 1. The smallest absolute Gasteiger partial charge is 0.234 e. The normalized spacial score (nSPS) is 12.5. The van der Waals surface area contributed by atoms with Crippen LogP contribution in [0.3, 0.4) is 0 Å². The monoisotopic (exact) mass is 336 g/mol. The fraction of sp³-hybridized carbons (Fsp3) is 0.286. The van der Waals surface area contributed by atoms with Crippen molar-refractivity contribution in [2.75, 3.05) is 13.6 Å². The van der Waals surface area contributed by atoms with E-state index in [1.54, 1.807) is 0 Å². The first-order valence-corrected chi connectivity index (χ1v) is 8.54. The third kappa shape index (κ3) is 4.28. The van der Waals surface area contributed by atoms with Crippen LogP contribution in [0.5, 0.6) is 0 Å². The summed E-state index contributed by atoms with van der Waals surface area (Å²) < 4.78 is 5.82. The molecule has 0 spiro atoms. The molecule has 3 aromatic rings. The average molecular weight is 336 g/mol. The SMILES string of the molecule is Cc1ccccc1CN(C)CC(=O)NC(C)c1cc2ccccc2o1. The number of furan rings is 1. The Hall–Kier alpha value is -2.59. The number of fused-ring (bicyclic) bond motifs is 1. The summed E-state index contributed by atoms with van der Waals surface area (Å²) in [6.45, 7) is 5.13. The van der Waals surface area contributed by atoms with Gasteiger partial charge in [-0.25, -0.2) is 0 Å². The Labute approximate surface area is 148 Å². The highest BCUT2D eigenvalue weighted by molar-refractivity contribution is 5.80. The Morgan fingerprint density at radius 1 is 1.16 bits per heavy atom. The fourth-order valence-corrected chi connectivity index (χ4v) is 2.95. The molecule has 1 atom stereocenters. The second kappa shape index (κ2) is 7.53. The number of aryl methyl sites for hydroxylation is 1. The maximum Gasteiger partial charge on any atom is 0.234 e. The first-order chi connectivity index (χ1) is 12.0. The van der Waals surface area contributed by atoms with Crippen LogP contribution in [0.1, 0.15) is 29.9 Å². The molecule has 1 aromatic heterocycles. The number of amides is 1. The van der Waals surface area contributed by atoms with Gasteiger partial charge in [-0.15, -0.1) is 0 Å². The second-order valence-electron chi connectivity index (χ2n) is 6.57. The molecule has 0 aliphatic rings. The van der Waals surface area contributed by atoms with E-state index in [1.165, 1.54) is 11.1 Å². The molecule has 1 unspecified atom stereocenters. The van der Waals surface area contributed by atoms with Crippen LogP contribution in [0, 0.1) is 6.92 Å². The van der Waals surface area contributed by atoms with E-state index in [0.717, 1.165) is 23.3 Å². The maximum absolute atomic E-state index is 12.3. The summed E-state index contributed by atoms with van der Waals surface area (Å²) >= 11 is 0. The van der Waals surface area contributed by atoms with E-state index in [-0.39, 0.29) is 11.9 Å². The van der Waals surface area contributed by atoms with Gasteiger partial charge in [-0.1, -0.05) is 42.5 Å². The van der Waals surface area contributed by atoms with E-state index < -0.39 is 0 Å². The fourth-order valence-electron chi connectivity index (χ4n) is 2.95. The number of hydrogen-bond acceptors (Lipinski definition) is 3. The van der Waals surface area contributed by atoms with Crippen LogP contribution < -0.4 is 5.32 Å². The molecule has 3 rings (SSSR count). The number of rotatable bonds is 6. The maximum atomic E-state index is 12.3. The van der Waals surface area contributed by atoms with Crippen molar-refractivity contribution in [2.45, 2.75) is 26.4 Å². The predicted octanol–water partition coefficient (Wildman–Crippen LogP) is 4.05. The van der Waals surface area contributed by atoms with E-state index in [1.807, 2.05) is 61.3 Å². The van der Waals surface area contributed by atoms with Crippen molar-refractivity contribution in [3.8, 4) is 0 Å². The summed E-state index contributed by atoms with van der Waals surface area (Å²) in [6, 6.07) is 17.9. The van der Waals surface area contributed by atoms with Gasteiger partial charge in [0.25, 0.3) is 0 Å². The van der Waals surface area contributed by atoms with Crippen molar-refractivity contribution < 1.29 is 9.21 Å². The Bertz CT molecular complexity index is 836. The Morgan fingerprint density at radius 3 is 2.64 bits per heavy atom. The largest absolute Gasteiger partial charge is 0.459 e. The zero-order valence-corrected chi connectivity index (χ0v) is 15.0. The molecule has 1 heterocycles. The van der Waals surface area contributed by atoms with Gasteiger partial charge < -0.3 is 9.73 Å². The molecule has 0 fully saturated rings. The number of benzene rings is 2. The molecule has 2 aromatic carbocycles. The van der Waals surface area contributed by atoms with Gasteiger partial charge in [0, 0.05) is 11.9 Å². The molecule has 4 nitrogen and oxygen atoms in total. The first kappa shape index (κ1) is 17.2. The van der Waals surface area contributed by atoms with Crippen molar-refractivity contribution in [2.24, 2.45) is 0 Å². The quantitative estimate of drug-likeness (QED) is 0.738. The molecular formula is C21H24N2O2. The number of nitrogens with zero attached hydrogens (tertiary/aromatic N) is 1. The van der Waals surface area contributed by atoms with Gasteiger partial charge in [-0.05, 0) is 44.2 Å². The number of carbonyl (C=O) groups is 1. The van der Waals surface area contributed by atoms with Crippen molar-refractivity contribution in [1.82, 2.24) is 10.2 Å². The zero-order valence-electron chi connectivity index (χ0n) is 15.0. The Morgan fingerprint density at radius 2 is 1.88 bits per heavy atom. The lowest BCUT2D eigenvalue weighted by Gasteiger charge is -2.19. The minimum Gasteiger partial charge on any atom is -0.459 e. The molecule has 0 saturated carbocycles. The highest BCUT2D eigenvalue weighted by Crippen LogP contribution is 2.23. The third-order valence-corrected chi connectivity index (χ3v) is 4.36. The molecule has 0 radical (unpaired) electrons. The van der Waals surface area contributed by atoms with E-state index in [4.69, 9.17) is 4.42 Å². The molecule has 25 heavy (non-hydrogen) atoms. The summed E-state index contributed by atoms with van der Waals surface area (Å²) in [5.41, 5.74) is 3.32. The van der Waals surface area contributed by atoms with Crippen LogP contribution in [-0.4, -0.2) is 24.4 Å². The summed E-state index contributed by atoms with van der Waals surface area (Å²) in [4.78, 5) is 14.3. The summed E-state index contributed by atoms with van der Waals surface area (Å²) in [5.74, 6) is 0.764. The van der Waals surface area contributed by atoms with Crippen LogP contribution >= 0.6 is 0 Å². The minimum absolute atomic E-state index is 0.0101. The molecule has 1 N–H and O–H groups in total. The molecular weight excluding hydrogens is 312 g/mol. The van der Waals surface area contributed by atoms with E-state index >= 15 is 0 Å². The average Bonchev–Trinajstić information content (AvgIpc) is 3.01. The van der Waals surface area contributed by atoms with Crippen molar-refractivity contribution in [3.05, 3.63) is 71.5 Å². The van der Waals surface area contributed by atoms with Gasteiger partial charge in [0.1, 0.15) is 11.3 Å². The second-order valence-corrected chi connectivity index (χ2v) is 6.57. The summed E-state index contributed by atoms with van der Waals surface area (Å²) in [6.07, 6.45) is 0. The Kier molecular flexibility index (Phi) is 5.19. The number of para-hydroxylation sites is 1. The van der Waals surface area contributed by atoms with E-state index in [9.17, 15) is 4.79 Å². The van der Waals surface area contributed by atoms with Crippen LogP contribution in [0.2, 0.25) is 0 Å². The van der Waals surface area contributed by atoms with Gasteiger partial charge >= 0.3 is 0 Å². The molecule has 0 saturated heterocycles. The van der Waals surface area contributed by atoms with E-state index in [2.05, 4.69) is 24.4 Å². The van der Waals surface area contributed by atoms with Gasteiger partial charge in [-0.2, -0.15) is 0 Å². The number of hydrogen-bond donors (Lipinski definition) is 1. The molecule has 0 aliphatic carbocycles. The Balaban J connectivity index is 1.57. The highest BCUT2D eigenvalue weighted by Gasteiger charge is 2.15. The van der Waals surface area contributed by atoms with Crippen LogP contribution in [-0.2, 0) is 11.3 Å². The lowest BCUT2D eigenvalue weighted by molar-refractivity contribution is -0.122. The van der Waals surface area contributed by atoms with E-state index in [0.29, 0.717) is 6.54 Å². The molecule has 1 amide bonds. The van der Waals surface area contributed by atoms with Gasteiger partial charge in [0.15, 0.2) is 0 Å². The lowest BCUT2D eigenvalue weighted by atomic mass is 10.1. The first-order valence-electron chi connectivity index (χ1n) is 8.54. The zero-order chi connectivity index (χ0) is 17.8. The number of carbonyl (C=O) groups excluding carboxylic acids is 1. The summed E-state index contributed by atoms with van der Waals surface area (Å²) in [7, 11) is 1.96. The minimum atomic E-state index is -0.160. The van der Waals surface area contributed by atoms with Gasteiger partial charge in [-0.3, -0.25) is 9.69 Å². The third-order valence-electron chi connectivity index (χ3n) is 4.36. The lowest BCUT2D eigenvalue weighted by Crippen LogP contribution is -2.36. The predicted molar refractivity (Wildman–Crippen MR) is 100 cm³/mol. The molecule has 0 bridgehead atoms. The van der Waals surface area contributed by atoms with Gasteiger partial charge in [0.2, 0.25) is 5.91 Å². The molecule has 0 aliphatic heterocycles. The highest BCUT2D eigenvalue weighted by atomic mass is 16.3. The standard InChI is InChI=1S/C21H24N2O2/c1-15-8-4-5-10-18(15)13-23(3)14-21(24)22-16(2)20-12-17-9-6-7-11-19(17)25-20/h4-12,16H,13-14H2,1-3H3,(H,22,24). The topological polar surface area (TPSA) is 45.5 Å². The van der Waals surface area contributed by atoms with Crippen molar-refractivity contribution in [3.63, 3.8) is 0 Å². The van der Waals surface area contributed by atoms with Gasteiger partial charge in [0.05, 0.1) is 12.6 Å². The van der Waals surface area contributed by atoms with Crippen molar-refractivity contribution in [1.29, 1.82) is 0 Å². The van der Waals surface area contributed by atoms with Crippen LogP contribution in [0.25, 0.3) is 11.0 Å². The number of likely N-dealkylation sites (N-methyl/N-ethyl adjacent to an activating group) is 1. The molecule has 130 valence electrons. The van der Waals surface area contributed by atoms with Crippen LogP contribution in [0.4, 0.5) is 0 Å². The van der Waals surface area contributed by atoms with Crippen LogP contribution in [0.15, 0.2) is 59.0 Å². The molecule has 4 heteroatoms. The van der Waals surface area contributed by atoms with Crippen molar-refractivity contribution >= 4 is 16.9 Å².